The lowest BCUT2D eigenvalue weighted by molar-refractivity contribution is -0.117. The molecule has 0 unspecified atom stereocenters. The van der Waals surface area contributed by atoms with E-state index in [9.17, 15) is 9.18 Å². The number of ketones is 1. The zero-order valence-corrected chi connectivity index (χ0v) is 11.3. The van der Waals surface area contributed by atoms with Crippen molar-refractivity contribution < 1.29 is 9.18 Å². The minimum absolute atomic E-state index is 0.0138. The van der Waals surface area contributed by atoms with Gasteiger partial charge in [-0.25, -0.2) is 4.39 Å². The van der Waals surface area contributed by atoms with Crippen LogP contribution in [0.4, 0.5) is 4.39 Å². The first-order valence-corrected chi connectivity index (χ1v) is 6.63. The lowest BCUT2D eigenvalue weighted by Gasteiger charge is -2.10. The number of aliphatic imine (C=N–C) groups is 1. The molecule has 20 heavy (non-hydrogen) atoms. The molecule has 2 aromatic rings. The van der Waals surface area contributed by atoms with Gasteiger partial charge in [-0.15, -0.1) is 0 Å². The third kappa shape index (κ3) is 2.37. The maximum Gasteiger partial charge on any atom is 0.158 e. The van der Waals surface area contributed by atoms with E-state index < -0.39 is 0 Å². The van der Waals surface area contributed by atoms with Gasteiger partial charge >= 0.3 is 0 Å². The van der Waals surface area contributed by atoms with Crippen LogP contribution < -0.4 is 0 Å². The molecule has 0 N–H and O–H groups in total. The van der Waals surface area contributed by atoms with Crippen LogP contribution in [0.5, 0.6) is 0 Å². The van der Waals surface area contributed by atoms with Gasteiger partial charge < -0.3 is 0 Å². The zero-order chi connectivity index (χ0) is 14.1. The van der Waals surface area contributed by atoms with Gasteiger partial charge in [-0.2, -0.15) is 0 Å². The van der Waals surface area contributed by atoms with Crippen molar-refractivity contribution in [1.82, 2.24) is 0 Å². The van der Waals surface area contributed by atoms with Crippen LogP contribution in [0.15, 0.2) is 47.5 Å². The van der Waals surface area contributed by atoms with Crippen LogP contribution in [0.2, 0.25) is 5.02 Å². The maximum atomic E-state index is 14.0. The van der Waals surface area contributed by atoms with E-state index in [4.69, 9.17) is 11.6 Å². The first kappa shape index (κ1) is 13.0. The van der Waals surface area contributed by atoms with Gasteiger partial charge in [0.25, 0.3) is 0 Å². The summed E-state index contributed by atoms with van der Waals surface area (Å²) in [6, 6.07) is 11.7. The summed E-state index contributed by atoms with van der Waals surface area (Å²) in [6.45, 7) is 0.0654. The second kappa shape index (κ2) is 5.17. The molecule has 0 aromatic heterocycles. The number of nitrogens with zero attached hydrogens (tertiary/aromatic N) is 1. The fourth-order valence-corrected chi connectivity index (χ4v) is 2.50. The first-order valence-electron chi connectivity index (χ1n) is 6.25. The van der Waals surface area contributed by atoms with E-state index in [1.807, 2.05) is 0 Å². The number of carbonyl (C=O) groups excluding carboxylic acids is 1. The van der Waals surface area contributed by atoms with Gasteiger partial charge in [0.1, 0.15) is 5.82 Å². The van der Waals surface area contributed by atoms with Crippen LogP contribution >= 0.6 is 11.6 Å². The van der Waals surface area contributed by atoms with Gasteiger partial charge in [0.15, 0.2) is 5.78 Å². The second-order valence-electron chi connectivity index (χ2n) is 4.66. The summed E-state index contributed by atoms with van der Waals surface area (Å²) in [4.78, 5) is 16.0. The monoisotopic (exact) mass is 287 g/mol. The minimum Gasteiger partial charge on any atom is -0.297 e. The van der Waals surface area contributed by atoms with Gasteiger partial charge in [-0.05, 0) is 29.8 Å². The minimum atomic E-state index is -0.355. The number of rotatable bonds is 1. The fraction of sp³-hybridized carbons (Fsp3) is 0.125. The Bertz CT molecular complexity index is 724. The van der Waals surface area contributed by atoms with E-state index in [2.05, 4.69) is 4.99 Å². The smallest absolute Gasteiger partial charge is 0.158 e. The quantitative estimate of drug-likeness (QED) is 0.790. The van der Waals surface area contributed by atoms with Gasteiger partial charge in [0.2, 0.25) is 0 Å². The molecule has 0 saturated carbocycles. The molecule has 0 atom stereocenters. The van der Waals surface area contributed by atoms with Crippen molar-refractivity contribution in [1.29, 1.82) is 0 Å². The molecule has 0 spiro atoms. The molecule has 2 aromatic carbocycles. The van der Waals surface area contributed by atoms with Gasteiger partial charge in [-0.3, -0.25) is 9.79 Å². The number of benzene rings is 2. The van der Waals surface area contributed by atoms with Crippen molar-refractivity contribution in [2.75, 3.05) is 6.54 Å². The van der Waals surface area contributed by atoms with Crippen LogP contribution in [0, 0.1) is 5.82 Å². The number of Topliss-reactive ketones (excluding diaryl/α,β-unsaturated/α-hetero) is 1. The Hall–Kier alpha value is -2.00. The zero-order valence-electron chi connectivity index (χ0n) is 10.6. The Balaban J connectivity index is 2.23. The van der Waals surface area contributed by atoms with Gasteiger partial charge in [0.05, 0.1) is 12.3 Å². The molecule has 4 heteroatoms. The summed E-state index contributed by atoms with van der Waals surface area (Å²) >= 11 is 6.03. The standard InChI is InChI=1S/C16H11ClFNO/c17-11-6-5-10-7-12(20)9-19-16(14(10)8-11)13-3-1-2-4-15(13)18/h1-6,8H,7,9H2. The average molecular weight is 288 g/mol. The van der Waals surface area contributed by atoms with Crippen molar-refractivity contribution in [3.63, 3.8) is 0 Å². The molecule has 1 aliphatic heterocycles. The van der Waals surface area contributed by atoms with E-state index in [1.54, 1.807) is 36.4 Å². The molecule has 0 saturated heterocycles. The molecule has 100 valence electrons. The summed E-state index contributed by atoms with van der Waals surface area (Å²) in [6.07, 6.45) is 0.300. The largest absolute Gasteiger partial charge is 0.297 e. The normalized spacial score (nSPS) is 14.5. The van der Waals surface area contributed by atoms with E-state index in [0.29, 0.717) is 22.7 Å². The highest BCUT2D eigenvalue weighted by Crippen LogP contribution is 2.24. The van der Waals surface area contributed by atoms with Crippen molar-refractivity contribution in [2.45, 2.75) is 6.42 Å². The molecule has 3 rings (SSSR count). The van der Waals surface area contributed by atoms with Crippen LogP contribution in [0.25, 0.3) is 0 Å². The van der Waals surface area contributed by atoms with Crippen molar-refractivity contribution in [2.24, 2.45) is 4.99 Å². The predicted molar refractivity (Wildman–Crippen MR) is 77.1 cm³/mol. The van der Waals surface area contributed by atoms with Gasteiger partial charge in [-0.1, -0.05) is 29.8 Å². The van der Waals surface area contributed by atoms with E-state index in [-0.39, 0.29) is 18.1 Å². The highest BCUT2D eigenvalue weighted by molar-refractivity contribution is 6.31. The fourth-order valence-electron chi connectivity index (χ4n) is 2.33. The topological polar surface area (TPSA) is 29.4 Å². The molecule has 0 fully saturated rings. The molecule has 0 amide bonds. The van der Waals surface area contributed by atoms with Crippen molar-refractivity contribution in [3.8, 4) is 0 Å². The molecule has 0 radical (unpaired) electrons. The SMILES string of the molecule is O=C1CN=C(c2ccccc2F)c2cc(Cl)ccc2C1. The number of hydrogen-bond donors (Lipinski definition) is 0. The Labute approximate surface area is 120 Å². The van der Waals surface area contributed by atoms with Crippen LogP contribution in [-0.2, 0) is 11.2 Å². The third-order valence-corrected chi connectivity index (χ3v) is 3.49. The third-order valence-electron chi connectivity index (χ3n) is 3.26. The van der Waals surface area contributed by atoms with Crippen LogP contribution in [0.1, 0.15) is 16.7 Å². The lowest BCUT2D eigenvalue weighted by Crippen LogP contribution is -2.08. The predicted octanol–water partition coefficient (Wildman–Crippen LogP) is 3.44. The highest BCUT2D eigenvalue weighted by Gasteiger charge is 2.20. The number of fused-ring (bicyclic) bond motifs is 1. The summed E-state index contributed by atoms with van der Waals surface area (Å²) in [7, 11) is 0. The molecule has 2 nitrogen and oxygen atoms in total. The maximum absolute atomic E-state index is 14.0. The van der Waals surface area contributed by atoms with E-state index >= 15 is 0 Å². The summed E-state index contributed by atoms with van der Waals surface area (Å²) in [5.74, 6) is -0.341. The van der Waals surface area contributed by atoms with Gasteiger partial charge in [0, 0.05) is 22.6 Å². The lowest BCUT2D eigenvalue weighted by atomic mass is 9.95. The highest BCUT2D eigenvalue weighted by atomic mass is 35.5. The van der Waals surface area contributed by atoms with E-state index in [0.717, 1.165) is 11.1 Å². The molecular weight excluding hydrogens is 277 g/mol. The Morgan fingerprint density at radius 1 is 1.10 bits per heavy atom. The number of carbonyl (C=O) groups is 1. The molecule has 0 bridgehead atoms. The van der Waals surface area contributed by atoms with Crippen molar-refractivity contribution in [3.05, 3.63) is 70.0 Å². The molecule has 1 heterocycles. The Morgan fingerprint density at radius 2 is 1.90 bits per heavy atom. The van der Waals surface area contributed by atoms with Crippen molar-refractivity contribution >= 4 is 23.1 Å². The summed E-state index contributed by atoms with van der Waals surface area (Å²) < 4.78 is 14.0. The number of halogens is 2. The van der Waals surface area contributed by atoms with Crippen LogP contribution in [-0.4, -0.2) is 18.0 Å². The van der Waals surface area contributed by atoms with Crippen LogP contribution in [0.3, 0.4) is 0 Å². The molecular formula is C16H11ClFNO. The van der Waals surface area contributed by atoms with E-state index in [1.165, 1.54) is 6.07 Å². The number of hydrogen-bond acceptors (Lipinski definition) is 2. The first-order chi connectivity index (χ1) is 9.65. The average Bonchev–Trinajstić information content (AvgIpc) is 2.58. The Kier molecular flexibility index (Phi) is 3.36. The summed E-state index contributed by atoms with van der Waals surface area (Å²) in [5, 5.41) is 0.544. The summed E-state index contributed by atoms with van der Waals surface area (Å²) in [5.41, 5.74) is 2.45. The molecule has 1 aliphatic rings. The Morgan fingerprint density at radius 3 is 2.70 bits per heavy atom. The second-order valence-corrected chi connectivity index (χ2v) is 5.10. The molecule has 0 aliphatic carbocycles.